The number of ether oxygens (including phenoxy) is 2. The number of aromatic nitrogens is 3. The Morgan fingerprint density at radius 3 is 2.64 bits per heavy atom. The molecule has 4 aromatic rings. The number of rotatable bonds is 8. The number of amides is 1. The van der Waals surface area contributed by atoms with Crippen LogP contribution in [-0.2, 0) is 11.3 Å². The van der Waals surface area contributed by atoms with E-state index < -0.39 is 5.97 Å². The second-order valence-electron chi connectivity index (χ2n) is 7.15. The Bertz CT molecular complexity index is 1270. The zero-order valence-electron chi connectivity index (χ0n) is 18.2. The van der Waals surface area contributed by atoms with Gasteiger partial charge in [0.2, 0.25) is 0 Å². The molecule has 0 unspecified atom stereocenters. The summed E-state index contributed by atoms with van der Waals surface area (Å²) < 4.78 is 12.5. The van der Waals surface area contributed by atoms with Gasteiger partial charge in [-0.3, -0.25) is 9.78 Å². The van der Waals surface area contributed by atoms with Crippen LogP contribution in [0.15, 0.2) is 67.4 Å². The first-order valence-electron chi connectivity index (χ1n) is 10.3. The number of carbonyl (C=O) groups excluding carboxylic acids is 2. The van der Waals surface area contributed by atoms with Crippen LogP contribution in [0.5, 0.6) is 5.75 Å². The first kappa shape index (κ1) is 21.8. The summed E-state index contributed by atoms with van der Waals surface area (Å²) in [5.74, 6) is -0.0485. The molecule has 1 amide bonds. The van der Waals surface area contributed by atoms with Gasteiger partial charge in [-0.1, -0.05) is 0 Å². The molecule has 2 heterocycles. The molecule has 2 N–H and O–H groups in total. The van der Waals surface area contributed by atoms with Crippen molar-refractivity contribution < 1.29 is 19.1 Å². The average molecular weight is 445 g/mol. The number of methoxy groups -OCH3 is 1. The molecule has 0 fully saturated rings. The molecule has 0 radical (unpaired) electrons. The van der Waals surface area contributed by atoms with Crippen LogP contribution in [0.1, 0.15) is 20.7 Å². The summed E-state index contributed by atoms with van der Waals surface area (Å²) in [4.78, 5) is 33.6. The largest absolute Gasteiger partial charge is 0.497 e. The Morgan fingerprint density at radius 2 is 1.94 bits per heavy atom. The van der Waals surface area contributed by atoms with Crippen LogP contribution >= 0.6 is 0 Å². The maximum Gasteiger partial charge on any atom is 0.341 e. The molecule has 0 atom stereocenters. The van der Waals surface area contributed by atoms with E-state index in [-0.39, 0.29) is 18.1 Å². The SMILES string of the molecule is CNC(=O)c1ccc2ncc(C(=O)OCCn3ccnc3)c(Nc3ccc(OC)cc3)c2c1. The molecular formula is C24H23N5O4. The lowest BCUT2D eigenvalue weighted by Crippen LogP contribution is -2.17. The van der Waals surface area contributed by atoms with E-state index in [1.165, 1.54) is 6.20 Å². The second-order valence-corrected chi connectivity index (χ2v) is 7.15. The smallest absolute Gasteiger partial charge is 0.341 e. The molecular weight excluding hydrogens is 422 g/mol. The second kappa shape index (κ2) is 9.82. The zero-order chi connectivity index (χ0) is 23.2. The quantitative estimate of drug-likeness (QED) is 0.400. The van der Waals surface area contributed by atoms with Gasteiger partial charge in [0.25, 0.3) is 5.91 Å². The molecule has 2 aromatic heterocycles. The standard InChI is InChI=1S/C24H23N5O4/c1-25-23(30)16-3-8-21-19(13-16)22(28-17-4-6-18(32-2)7-5-17)20(14-27-21)24(31)33-12-11-29-10-9-26-15-29/h3-10,13-15H,11-12H2,1-2H3,(H,25,30)(H,27,28). The van der Waals surface area contributed by atoms with E-state index in [1.54, 1.807) is 51.1 Å². The number of pyridine rings is 1. The van der Waals surface area contributed by atoms with Crippen molar-refractivity contribution in [3.05, 3.63) is 78.5 Å². The number of nitrogens with one attached hydrogen (secondary N) is 2. The summed E-state index contributed by atoms with van der Waals surface area (Å²) in [5, 5.41) is 6.53. The normalized spacial score (nSPS) is 10.6. The van der Waals surface area contributed by atoms with Crippen molar-refractivity contribution in [3.8, 4) is 5.75 Å². The van der Waals surface area contributed by atoms with E-state index in [0.717, 1.165) is 5.69 Å². The molecule has 168 valence electrons. The van der Waals surface area contributed by atoms with Gasteiger partial charge in [0.05, 0.1) is 31.2 Å². The number of anilines is 2. The van der Waals surface area contributed by atoms with Gasteiger partial charge in [0.15, 0.2) is 0 Å². The van der Waals surface area contributed by atoms with Gasteiger partial charge in [0, 0.05) is 42.3 Å². The molecule has 0 spiro atoms. The summed E-state index contributed by atoms with van der Waals surface area (Å²) in [6.45, 7) is 0.655. The van der Waals surface area contributed by atoms with Crippen LogP contribution in [0.4, 0.5) is 11.4 Å². The highest BCUT2D eigenvalue weighted by molar-refractivity contribution is 6.08. The number of nitrogens with zero attached hydrogens (tertiary/aromatic N) is 3. The van der Waals surface area contributed by atoms with Gasteiger partial charge >= 0.3 is 5.97 Å². The van der Waals surface area contributed by atoms with Crippen molar-refractivity contribution in [1.29, 1.82) is 0 Å². The lowest BCUT2D eigenvalue weighted by atomic mass is 10.1. The van der Waals surface area contributed by atoms with Gasteiger partial charge in [-0.25, -0.2) is 9.78 Å². The molecule has 0 aliphatic carbocycles. The Hall–Kier alpha value is -4.40. The fourth-order valence-corrected chi connectivity index (χ4v) is 3.33. The van der Waals surface area contributed by atoms with Crippen molar-refractivity contribution >= 4 is 34.2 Å². The van der Waals surface area contributed by atoms with Gasteiger partial charge < -0.3 is 24.7 Å². The third-order valence-corrected chi connectivity index (χ3v) is 5.08. The molecule has 4 rings (SSSR count). The number of imidazole rings is 1. The summed E-state index contributed by atoms with van der Waals surface area (Å²) in [6, 6.07) is 12.4. The molecule has 2 aromatic carbocycles. The van der Waals surface area contributed by atoms with Crippen LogP contribution in [0.2, 0.25) is 0 Å². The van der Waals surface area contributed by atoms with Crippen LogP contribution < -0.4 is 15.4 Å². The van der Waals surface area contributed by atoms with E-state index in [9.17, 15) is 9.59 Å². The third-order valence-electron chi connectivity index (χ3n) is 5.08. The van der Waals surface area contributed by atoms with Crippen LogP contribution in [-0.4, -0.2) is 47.2 Å². The number of fused-ring (bicyclic) bond motifs is 1. The Labute approximate surface area is 190 Å². The Balaban J connectivity index is 1.70. The number of hydrogen-bond acceptors (Lipinski definition) is 7. The zero-order valence-corrected chi connectivity index (χ0v) is 18.2. The van der Waals surface area contributed by atoms with E-state index in [2.05, 4.69) is 20.6 Å². The molecule has 0 aliphatic heterocycles. The molecule has 9 heteroatoms. The highest BCUT2D eigenvalue weighted by Crippen LogP contribution is 2.31. The van der Waals surface area contributed by atoms with E-state index in [4.69, 9.17) is 9.47 Å². The average Bonchev–Trinajstić information content (AvgIpc) is 3.37. The molecule has 0 saturated carbocycles. The fourth-order valence-electron chi connectivity index (χ4n) is 3.33. The van der Waals surface area contributed by atoms with Crippen molar-refractivity contribution in [2.24, 2.45) is 0 Å². The van der Waals surface area contributed by atoms with E-state index in [0.29, 0.717) is 34.4 Å². The maximum atomic E-state index is 13.0. The number of benzene rings is 2. The summed E-state index contributed by atoms with van der Waals surface area (Å²) in [7, 11) is 3.16. The Morgan fingerprint density at radius 1 is 1.12 bits per heavy atom. The van der Waals surface area contributed by atoms with Crippen LogP contribution in [0.25, 0.3) is 10.9 Å². The minimum Gasteiger partial charge on any atom is -0.497 e. The van der Waals surface area contributed by atoms with Crippen molar-refractivity contribution in [3.63, 3.8) is 0 Å². The van der Waals surface area contributed by atoms with Gasteiger partial charge in [-0.05, 0) is 42.5 Å². The van der Waals surface area contributed by atoms with Gasteiger partial charge in [0.1, 0.15) is 17.9 Å². The van der Waals surface area contributed by atoms with E-state index >= 15 is 0 Å². The maximum absolute atomic E-state index is 13.0. The third kappa shape index (κ3) is 4.93. The molecule has 0 saturated heterocycles. The summed E-state index contributed by atoms with van der Waals surface area (Å²) in [6.07, 6.45) is 6.59. The first-order valence-corrected chi connectivity index (χ1v) is 10.3. The highest BCUT2D eigenvalue weighted by atomic mass is 16.5. The van der Waals surface area contributed by atoms with Crippen molar-refractivity contribution in [2.75, 3.05) is 26.1 Å². The fraction of sp³-hybridized carbons (Fsp3) is 0.167. The number of hydrogen-bond donors (Lipinski definition) is 2. The van der Waals surface area contributed by atoms with Crippen molar-refractivity contribution in [2.45, 2.75) is 6.54 Å². The molecule has 0 aliphatic rings. The minimum atomic E-state index is -0.522. The van der Waals surface area contributed by atoms with Crippen LogP contribution in [0.3, 0.4) is 0 Å². The molecule has 9 nitrogen and oxygen atoms in total. The topological polar surface area (TPSA) is 107 Å². The number of esters is 1. The molecule has 0 bridgehead atoms. The predicted octanol–water partition coefficient (Wildman–Crippen LogP) is 3.40. The highest BCUT2D eigenvalue weighted by Gasteiger charge is 2.19. The lowest BCUT2D eigenvalue weighted by Gasteiger charge is -2.15. The van der Waals surface area contributed by atoms with E-state index in [1.807, 2.05) is 28.8 Å². The number of carbonyl (C=O) groups is 2. The lowest BCUT2D eigenvalue weighted by molar-refractivity contribution is 0.0492. The van der Waals surface area contributed by atoms with Crippen molar-refractivity contribution in [1.82, 2.24) is 19.9 Å². The summed E-state index contributed by atoms with van der Waals surface area (Å²) in [5.41, 5.74) is 2.59. The summed E-state index contributed by atoms with van der Waals surface area (Å²) >= 11 is 0. The Kier molecular flexibility index (Phi) is 6.49. The monoisotopic (exact) mass is 445 g/mol. The minimum absolute atomic E-state index is 0.174. The van der Waals surface area contributed by atoms with Gasteiger partial charge in [-0.2, -0.15) is 0 Å². The first-order chi connectivity index (χ1) is 16.1. The van der Waals surface area contributed by atoms with Crippen LogP contribution in [0, 0.1) is 0 Å². The predicted molar refractivity (Wildman–Crippen MR) is 124 cm³/mol. The van der Waals surface area contributed by atoms with Gasteiger partial charge in [-0.15, -0.1) is 0 Å². The molecule has 33 heavy (non-hydrogen) atoms.